The molecule has 0 aromatic heterocycles. The van der Waals surface area contributed by atoms with Crippen LogP contribution >= 0.6 is 11.6 Å². The number of piperidine rings is 1. The highest BCUT2D eigenvalue weighted by Gasteiger charge is 2.30. The summed E-state index contributed by atoms with van der Waals surface area (Å²) >= 11 is 6.11. The summed E-state index contributed by atoms with van der Waals surface area (Å²) in [6.45, 7) is 5.80. The highest BCUT2D eigenvalue weighted by Crippen LogP contribution is 2.27. The Labute approximate surface area is 113 Å². The standard InChI is InChI=1S/C14H20ClNO2/c1-10-6-12(7-11(2)13(10)15)18-9-14(17)4-3-5-16-8-14/h6-7,16-17H,3-5,8-9H2,1-2H3/t14-/m1/s1. The van der Waals surface area contributed by atoms with Gasteiger partial charge in [-0.15, -0.1) is 0 Å². The van der Waals surface area contributed by atoms with E-state index >= 15 is 0 Å². The molecule has 1 aliphatic heterocycles. The van der Waals surface area contributed by atoms with Crippen LogP contribution in [0.1, 0.15) is 24.0 Å². The van der Waals surface area contributed by atoms with Crippen LogP contribution in [0.5, 0.6) is 5.75 Å². The molecule has 2 N–H and O–H groups in total. The molecule has 0 unspecified atom stereocenters. The molecule has 1 aliphatic rings. The van der Waals surface area contributed by atoms with Crippen molar-refractivity contribution in [2.45, 2.75) is 32.3 Å². The van der Waals surface area contributed by atoms with Crippen molar-refractivity contribution in [3.05, 3.63) is 28.3 Å². The van der Waals surface area contributed by atoms with Gasteiger partial charge in [-0.2, -0.15) is 0 Å². The summed E-state index contributed by atoms with van der Waals surface area (Å²) in [5.74, 6) is 0.772. The predicted molar refractivity (Wildman–Crippen MR) is 73.5 cm³/mol. The summed E-state index contributed by atoms with van der Waals surface area (Å²) in [5, 5.41) is 14.3. The van der Waals surface area contributed by atoms with E-state index in [9.17, 15) is 5.11 Å². The SMILES string of the molecule is Cc1cc(OC[C@@]2(O)CCCNC2)cc(C)c1Cl. The molecule has 0 radical (unpaired) electrons. The molecule has 0 saturated carbocycles. The molecular formula is C14H20ClNO2. The molecule has 4 heteroatoms. The maximum absolute atomic E-state index is 10.3. The molecule has 1 heterocycles. The minimum atomic E-state index is -0.750. The Balaban J connectivity index is 2.01. The van der Waals surface area contributed by atoms with Gasteiger partial charge in [-0.25, -0.2) is 0 Å². The monoisotopic (exact) mass is 269 g/mol. The number of nitrogens with one attached hydrogen (secondary N) is 1. The first-order valence-corrected chi connectivity index (χ1v) is 6.71. The van der Waals surface area contributed by atoms with E-state index in [1.54, 1.807) is 0 Å². The molecule has 2 rings (SSSR count). The largest absolute Gasteiger partial charge is 0.491 e. The molecule has 1 saturated heterocycles. The molecule has 1 fully saturated rings. The molecule has 1 aromatic rings. The first-order valence-electron chi connectivity index (χ1n) is 6.33. The number of rotatable bonds is 3. The maximum atomic E-state index is 10.3. The van der Waals surface area contributed by atoms with Gasteiger partial charge in [-0.05, 0) is 56.5 Å². The molecule has 1 atom stereocenters. The number of ether oxygens (including phenoxy) is 1. The zero-order valence-electron chi connectivity index (χ0n) is 10.9. The Morgan fingerprint density at radius 1 is 1.39 bits per heavy atom. The predicted octanol–water partition coefficient (Wildman–Crippen LogP) is 2.45. The first-order chi connectivity index (χ1) is 8.50. The van der Waals surface area contributed by atoms with Crippen LogP contribution in [0.3, 0.4) is 0 Å². The van der Waals surface area contributed by atoms with Crippen LogP contribution in [0.15, 0.2) is 12.1 Å². The van der Waals surface area contributed by atoms with E-state index in [-0.39, 0.29) is 0 Å². The molecule has 0 spiro atoms. The summed E-state index contributed by atoms with van der Waals surface area (Å²) in [6, 6.07) is 3.82. The van der Waals surface area contributed by atoms with E-state index in [0.29, 0.717) is 13.2 Å². The molecule has 0 amide bonds. The average Bonchev–Trinajstić information content (AvgIpc) is 2.34. The van der Waals surface area contributed by atoms with E-state index in [1.807, 2.05) is 26.0 Å². The zero-order chi connectivity index (χ0) is 13.2. The highest BCUT2D eigenvalue weighted by molar-refractivity contribution is 6.32. The third-order valence-electron chi connectivity index (χ3n) is 3.37. The van der Waals surface area contributed by atoms with E-state index in [4.69, 9.17) is 16.3 Å². The lowest BCUT2D eigenvalue weighted by molar-refractivity contribution is -0.0230. The van der Waals surface area contributed by atoms with Crippen LogP contribution in [-0.4, -0.2) is 30.4 Å². The Bertz CT molecular complexity index is 405. The van der Waals surface area contributed by atoms with Crippen molar-refractivity contribution < 1.29 is 9.84 Å². The van der Waals surface area contributed by atoms with Gasteiger partial charge < -0.3 is 15.2 Å². The number of benzene rings is 1. The van der Waals surface area contributed by atoms with Gasteiger partial charge in [0, 0.05) is 11.6 Å². The second-order valence-electron chi connectivity index (χ2n) is 5.16. The van der Waals surface area contributed by atoms with Gasteiger partial charge in [-0.3, -0.25) is 0 Å². The van der Waals surface area contributed by atoms with Gasteiger partial charge in [-0.1, -0.05) is 11.6 Å². The third-order valence-corrected chi connectivity index (χ3v) is 3.96. The van der Waals surface area contributed by atoms with Crippen molar-refractivity contribution in [3.63, 3.8) is 0 Å². The van der Waals surface area contributed by atoms with Crippen molar-refractivity contribution in [1.82, 2.24) is 5.32 Å². The van der Waals surface area contributed by atoms with E-state index in [2.05, 4.69) is 5.32 Å². The van der Waals surface area contributed by atoms with Crippen molar-refractivity contribution in [2.24, 2.45) is 0 Å². The van der Waals surface area contributed by atoms with Crippen molar-refractivity contribution in [1.29, 1.82) is 0 Å². The first kappa shape index (κ1) is 13.7. The molecule has 100 valence electrons. The average molecular weight is 270 g/mol. The zero-order valence-corrected chi connectivity index (χ0v) is 11.7. The summed E-state index contributed by atoms with van der Waals surface area (Å²) in [4.78, 5) is 0. The number of aryl methyl sites for hydroxylation is 2. The summed E-state index contributed by atoms with van der Waals surface area (Å²) in [5.41, 5.74) is 1.25. The lowest BCUT2D eigenvalue weighted by Crippen LogP contribution is -2.49. The number of β-amino-alcohol motifs (C(OH)–C–C–N with tert-alkyl or cyclic N) is 1. The second kappa shape index (κ2) is 5.47. The van der Waals surface area contributed by atoms with Crippen molar-refractivity contribution in [2.75, 3.05) is 19.7 Å². The summed E-state index contributed by atoms with van der Waals surface area (Å²) in [6.07, 6.45) is 1.77. The van der Waals surface area contributed by atoms with Crippen LogP contribution in [0.25, 0.3) is 0 Å². The molecule has 0 bridgehead atoms. The van der Waals surface area contributed by atoms with E-state index in [0.717, 1.165) is 41.3 Å². The molecular weight excluding hydrogens is 250 g/mol. The molecule has 3 nitrogen and oxygen atoms in total. The Morgan fingerprint density at radius 2 is 2.06 bits per heavy atom. The van der Waals surface area contributed by atoms with Gasteiger partial charge >= 0.3 is 0 Å². The molecule has 0 aliphatic carbocycles. The number of aliphatic hydroxyl groups is 1. The highest BCUT2D eigenvalue weighted by atomic mass is 35.5. The Kier molecular flexibility index (Phi) is 4.15. The van der Waals surface area contributed by atoms with Crippen molar-refractivity contribution in [3.8, 4) is 5.75 Å². The van der Waals surface area contributed by atoms with Gasteiger partial charge in [0.2, 0.25) is 0 Å². The smallest absolute Gasteiger partial charge is 0.120 e. The minimum Gasteiger partial charge on any atom is -0.491 e. The normalized spacial score (nSPS) is 24.0. The van der Waals surface area contributed by atoms with Crippen molar-refractivity contribution >= 4 is 11.6 Å². The van der Waals surface area contributed by atoms with Gasteiger partial charge in [0.25, 0.3) is 0 Å². The fraction of sp³-hybridized carbons (Fsp3) is 0.571. The Morgan fingerprint density at radius 3 is 2.61 bits per heavy atom. The summed E-state index contributed by atoms with van der Waals surface area (Å²) < 4.78 is 5.72. The maximum Gasteiger partial charge on any atom is 0.120 e. The van der Waals surface area contributed by atoms with Crippen LogP contribution in [0, 0.1) is 13.8 Å². The second-order valence-corrected chi connectivity index (χ2v) is 5.54. The van der Waals surface area contributed by atoms with Gasteiger partial charge in [0.05, 0.1) is 0 Å². The van der Waals surface area contributed by atoms with E-state index < -0.39 is 5.60 Å². The van der Waals surface area contributed by atoms with Gasteiger partial charge in [0.1, 0.15) is 18.0 Å². The number of hydrogen-bond acceptors (Lipinski definition) is 3. The Hall–Kier alpha value is -0.770. The lowest BCUT2D eigenvalue weighted by Gasteiger charge is -2.32. The summed E-state index contributed by atoms with van der Waals surface area (Å²) in [7, 11) is 0. The topological polar surface area (TPSA) is 41.5 Å². The van der Waals surface area contributed by atoms with Crippen LogP contribution in [0.2, 0.25) is 5.02 Å². The quantitative estimate of drug-likeness (QED) is 0.886. The lowest BCUT2D eigenvalue weighted by atomic mass is 9.95. The fourth-order valence-electron chi connectivity index (χ4n) is 2.28. The van der Waals surface area contributed by atoms with Crippen LogP contribution < -0.4 is 10.1 Å². The van der Waals surface area contributed by atoms with E-state index in [1.165, 1.54) is 0 Å². The third kappa shape index (κ3) is 3.16. The number of halogens is 1. The molecule has 18 heavy (non-hydrogen) atoms. The molecule has 1 aromatic carbocycles. The van der Waals surface area contributed by atoms with Crippen LogP contribution in [-0.2, 0) is 0 Å². The number of hydrogen-bond donors (Lipinski definition) is 2. The van der Waals surface area contributed by atoms with Crippen LogP contribution in [0.4, 0.5) is 0 Å². The minimum absolute atomic E-state index is 0.320. The fourth-order valence-corrected chi connectivity index (χ4v) is 2.39. The van der Waals surface area contributed by atoms with Gasteiger partial charge in [0.15, 0.2) is 0 Å².